The normalized spacial score (nSPS) is 9.42. The summed E-state index contributed by atoms with van der Waals surface area (Å²) in [6.07, 6.45) is 3.54. The van der Waals surface area contributed by atoms with Crippen molar-refractivity contribution in [3.8, 4) is 0 Å². The Hall–Kier alpha value is -0.830. The molecule has 3 nitrogen and oxygen atoms in total. The van der Waals surface area contributed by atoms with Crippen molar-refractivity contribution in [1.29, 1.82) is 0 Å². The highest BCUT2D eigenvalue weighted by molar-refractivity contribution is 5.70. The zero-order chi connectivity index (χ0) is 9.23. The Labute approximate surface area is 73.4 Å². The van der Waals surface area contributed by atoms with Crippen molar-refractivity contribution < 1.29 is 14.3 Å². The molecule has 0 aromatic rings. The molecule has 0 aliphatic heterocycles. The number of hydrogen-bond acceptors (Lipinski definition) is 3. The van der Waals surface area contributed by atoms with Gasteiger partial charge in [0, 0.05) is 0 Å². The van der Waals surface area contributed by atoms with Gasteiger partial charge in [-0.15, -0.1) is 6.58 Å². The first kappa shape index (κ1) is 11.2. The molecular weight excluding hydrogens is 156 g/mol. The van der Waals surface area contributed by atoms with Gasteiger partial charge in [0.05, 0.1) is 13.2 Å². The summed E-state index contributed by atoms with van der Waals surface area (Å²) in [7, 11) is 0. The van der Waals surface area contributed by atoms with E-state index in [2.05, 4.69) is 6.58 Å². The van der Waals surface area contributed by atoms with E-state index in [1.54, 1.807) is 6.08 Å². The number of unbranched alkanes of at least 4 members (excludes halogenated alkanes) is 1. The molecule has 70 valence electrons. The summed E-state index contributed by atoms with van der Waals surface area (Å²) in [6.45, 7) is 6.41. The minimum Gasteiger partial charge on any atom is -0.464 e. The first-order valence-corrected chi connectivity index (χ1v) is 4.15. The van der Waals surface area contributed by atoms with Crippen LogP contribution < -0.4 is 0 Å². The van der Waals surface area contributed by atoms with Crippen LogP contribution in [-0.4, -0.2) is 25.8 Å². The molecule has 0 fully saturated rings. The van der Waals surface area contributed by atoms with E-state index in [0.29, 0.717) is 13.2 Å². The first-order valence-electron chi connectivity index (χ1n) is 4.15. The van der Waals surface area contributed by atoms with Crippen LogP contribution in [0.2, 0.25) is 0 Å². The summed E-state index contributed by atoms with van der Waals surface area (Å²) in [5.41, 5.74) is 0. The fourth-order valence-corrected chi connectivity index (χ4v) is 0.598. The van der Waals surface area contributed by atoms with Crippen LogP contribution in [0.1, 0.15) is 19.8 Å². The predicted molar refractivity (Wildman–Crippen MR) is 46.9 cm³/mol. The fourth-order valence-electron chi connectivity index (χ4n) is 0.598. The van der Waals surface area contributed by atoms with Crippen molar-refractivity contribution in [2.45, 2.75) is 19.8 Å². The molecule has 0 aliphatic rings. The molecule has 0 bridgehead atoms. The van der Waals surface area contributed by atoms with Crippen molar-refractivity contribution >= 4 is 5.97 Å². The van der Waals surface area contributed by atoms with E-state index in [0.717, 1.165) is 12.8 Å². The zero-order valence-corrected chi connectivity index (χ0v) is 7.54. The van der Waals surface area contributed by atoms with Crippen molar-refractivity contribution in [1.82, 2.24) is 0 Å². The quantitative estimate of drug-likeness (QED) is 0.332. The molecule has 3 heteroatoms. The van der Waals surface area contributed by atoms with E-state index in [-0.39, 0.29) is 12.6 Å². The molecule has 0 amide bonds. The van der Waals surface area contributed by atoms with E-state index in [9.17, 15) is 4.79 Å². The molecule has 0 aromatic carbocycles. The van der Waals surface area contributed by atoms with Crippen LogP contribution >= 0.6 is 0 Å². The average molecular weight is 172 g/mol. The summed E-state index contributed by atoms with van der Waals surface area (Å²) in [6, 6.07) is 0. The lowest BCUT2D eigenvalue weighted by atomic mass is 10.4. The monoisotopic (exact) mass is 172 g/mol. The van der Waals surface area contributed by atoms with Gasteiger partial charge in [0.2, 0.25) is 0 Å². The van der Waals surface area contributed by atoms with E-state index >= 15 is 0 Å². The lowest BCUT2D eigenvalue weighted by molar-refractivity contribution is -0.148. The minimum absolute atomic E-state index is 0.0235. The van der Waals surface area contributed by atoms with Crippen LogP contribution in [0.4, 0.5) is 0 Å². The van der Waals surface area contributed by atoms with Gasteiger partial charge >= 0.3 is 5.97 Å². The van der Waals surface area contributed by atoms with Gasteiger partial charge < -0.3 is 9.47 Å². The number of carbonyl (C=O) groups excluding carboxylic acids is 1. The Morgan fingerprint density at radius 3 is 2.92 bits per heavy atom. The maximum absolute atomic E-state index is 10.8. The Kier molecular flexibility index (Phi) is 7.70. The highest BCUT2D eigenvalue weighted by Gasteiger charge is 2.00. The van der Waals surface area contributed by atoms with Crippen LogP contribution in [0.3, 0.4) is 0 Å². The Morgan fingerprint density at radius 2 is 2.33 bits per heavy atom. The molecule has 0 heterocycles. The molecule has 0 aliphatic carbocycles. The Balaban J connectivity index is 3.15. The summed E-state index contributed by atoms with van der Waals surface area (Å²) in [4.78, 5) is 10.8. The van der Waals surface area contributed by atoms with Crippen molar-refractivity contribution in [3.05, 3.63) is 12.7 Å². The standard InChI is InChI=1S/C9H16O3/c1-3-5-7-12-9(10)8-11-6-4-2/h4H,2-3,5-8H2,1H3. The van der Waals surface area contributed by atoms with Gasteiger partial charge in [0.1, 0.15) is 6.61 Å². The Morgan fingerprint density at radius 1 is 1.58 bits per heavy atom. The van der Waals surface area contributed by atoms with Gasteiger partial charge in [-0.2, -0.15) is 0 Å². The summed E-state index contributed by atoms with van der Waals surface area (Å²) in [5, 5.41) is 0. The SMILES string of the molecule is C=CCOCC(=O)OCCCC. The zero-order valence-electron chi connectivity index (χ0n) is 7.54. The van der Waals surface area contributed by atoms with E-state index in [1.807, 2.05) is 6.92 Å². The lowest BCUT2D eigenvalue weighted by Crippen LogP contribution is -2.13. The van der Waals surface area contributed by atoms with Crippen LogP contribution in [0, 0.1) is 0 Å². The molecule has 0 rings (SSSR count). The third-order valence-electron chi connectivity index (χ3n) is 1.22. The highest BCUT2D eigenvalue weighted by Crippen LogP contribution is 1.89. The predicted octanol–water partition coefficient (Wildman–Crippen LogP) is 1.53. The second-order valence-corrected chi connectivity index (χ2v) is 2.38. The lowest BCUT2D eigenvalue weighted by Gasteiger charge is -2.02. The second-order valence-electron chi connectivity index (χ2n) is 2.38. The molecule has 12 heavy (non-hydrogen) atoms. The Bertz CT molecular complexity index is 132. The van der Waals surface area contributed by atoms with Gasteiger partial charge in [-0.3, -0.25) is 0 Å². The molecular formula is C9H16O3. The third-order valence-corrected chi connectivity index (χ3v) is 1.22. The van der Waals surface area contributed by atoms with E-state index in [1.165, 1.54) is 0 Å². The molecule has 0 aromatic heterocycles. The number of carbonyl (C=O) groups is 1. The van der Waals surface area contributed by atoms with Crippen molar-refractivity contribution in [3.63, 3.8) is 0 Å². The largest absolute Gasteiger partial charge is 0.464 e. The topological polar surface area (TPSA) is 35.5 Å². The van der Waals surface area contributed by atoms with Gasteiger partial charge in [0.25, 0.3) is 0 Å². The molecule has 0 saturated carbocycles. The maximum Gasteiger partial charge on any atom is 0.332 e. The van der Waals surface area contributed by atoms with Gasteiger partial charge in [-0.25, -0.2) is 4.79 Å². The average Bonchev–Trinajstić information content (AvgIpc) is 2.06. The minimum atomic E-state index is -0.301. The number of rotatable bonds is 7. The van der Waals surface area contributed by atoms with Crippen LogP contribution in [0.15, 0.2) is 12.7 Å². The molecule has 0 spiro atoms. The molecule has 0 N–H and O–H groups in total. The first-order chi connectivity index (χ1) is 5.81. The van der Waals surface area contributed by atoms with Gasteiger partial charge in [0.15, 0.2) is 0 Å². The van der Waals surface area contributed by atoms with E-state index in [4.69, 9.17) is 9.47 Å². The number of esters is 1. The van der Waals surface area contributed by atoms with Crippen molar-refractivity contribution in [2.75, 3.05) is 19.8 Å². The van der Waals surface area contributed by atoms with E-state index < -0.39 is 0 Å². The highest BCUT2D eigenvalue weighted by atomic mass is 16.6. The number of ether oxygens (including phenoxy) is 2. The van der Waals surface area contributed by atoms with Crippen LogP contribution in [-0.2, 0) is 14.3 Å². The van der Waals surface area contributed by atoms with Gasteiger partial charge in [-0.1, -0.05) is 19.4 Å². The second kappa shape index (κ2) is 8.27. The maximum atomic E-state index is 10.8. The third kappa shape index (κ3) is 7.28. The summed E-state index contributed by atoms with van der Waals surface area (Å²) >= 11 is 0. The molecule has 0 unspecified atom stereocenters. The molecule has 0 radical (unpaired) electrons. The summed E-state index contributed by atoms with van der Waals surface area (Å²) < 4.78 is 9.71. The van der Waals surface area contributed by atoms with Crippen LogP contribution in [0.25, 0.3) is 0 Å². The summed E-state index contributed by atoms with van der Waals surface area (Å²) in [5.74, 6) is -0.301. The fraction of sp³-hybridized carbons (Fsp3) is 0.667. The molecule has 0 atom stereocenters. The number of hydrogen-bond donors (Lipinski definition) is 0. The van der Waals surface area contributed by atoms with Gasteiger partial charge in [-0.05, 0) is 6.42 Å². The smallest absolute Gasteiger partial charge is 0.332 e. The molecule has 0 saturated heterocycles. The van der Waals surface area contributed by atoms with Crippen LogP contribution in [0.5, 0.6) is 0 Å². The van der Waals surface area contributed by atoms with Crippen molar-refractivity contribution in [2.24, 2.45) is 0 Å².